The first kappa shape index (κ1) is 55.2. The molecule has 0 fully saturated rings. The molecule has 352 valence electrons. The van der Waals surface area contributed by atoms with Gasteiger partial charge in [0.2, 0.25) is 0 Å². The van der Waals surface area contributed by atoms with E-state index in [0.717, 1.165) is 33.2 Å². The fourth-order valence-corrected chi connectivity index (χ4v) is 7.68. The van der Waals surface area contributed by atoms with Crippen LogP contribution in [0.1, 0.15) is 42.9 Å². The third-order valence-electron chi connectivity index (χ3n) is 10.9. The average Bonchev–Trinajstić information content (AvgIpc) is 3.37. The largest absolute Gasteiger partial charge is 3.00 e. The molecule has 0 radical (unpaired) electrons. The van der Waals surface area contributed by atoms with Crippen LogP contribution in [0.3, 0.4) is 0 Å². The van der Waals surface area contributed by atoms with Crippen LogP contribution >= 0.6 is 0 Å². The van der Waals surface area contributed by atoms with Crippen LogP contribution in [0.15, 0.2) is 176 Å². The molecule has 0 saturated carbocycles. The van der Waals surface area contributed by atoms with E-state index in [2.05, 4.69) is 102 Å². The Morgan fingerprint density at radius 2 is 0.685 bits per heavy atom. The van der Waals surface area contributed by atoms with Crippen molar-refractivity contribution in [2.24, 2.45) is 0 Å². The number of nitrogens with zero attached hydrogens (tertiary/aromatic N) is 5. The molecule has 6 aromatic carbocycles. The zero-order valence-electron chi connectivity index (χ0n) is 39.2. The minimum atomic E-state index is -1.35. The molecular weight excluding hydrogens is 940 g/mol. The number of aromatic hydroxyl groups is 3. The number of aryl methyl sites for hydroxylation is 2. The topological polar surface area (TPSA) is 246 Å². The third-order valence-corrected chi connectivity index (χ3v) is 10.9. The van der Waals surface area contributed by atoms with Gasteiger partial charge >= 0.3 is 36.2 Å². The SMILES string of the molecule is Cc1cc(-c2ccccc2)c2ccc3c(-c4ccccc4)cc(C)nc3c2n1.O=C([O-])c1ccc2cccc(O)c2n1.O=C([O-])c1ccc2cccc(O)c2n1.O=C([O-])c1ccc2cccc(O)c2n1.[Al+3].[F-].[Li+]. The zero-order chi connectivity index (χ0) is 49.5. The van der Waals surface area contributed by atoms with Crippen LogP contribution in [-0.2, 0) is 0 Å². The minimum absolute atomic E-state index is 0. The number of phenols is 3. The number of rotatable bonds is 5. The monoisotopic (exact) mass is 977 g/mol. The third kappa shape index (κ3) is 12.6. The predicted molar refractivity (Wildman–Crippen MR) is 266 cm³/mol. The molecular formula is C56H38AlFLiN5O9. The van der Waals surface area contributed by atoms with Crippen LogP contribution in [0.25, 0.3) is 76.8 Å². The molecule has 11 aromatic rings. The number of para-hydroxylation sites is 3. The number of fused-ring (bicyclic) bond motifs is 6. The summed E-state index contributed by atoms with van der Waals surface area (Å²) < 4.78 is 0. The normalized spacial score (nSPS) is 10.2. The summed E-state index contributed by atoms with van der Waals surface area (Å²) in [7, 11) is 0. The van der Waals surface area contributed by atoms with Gasteiger partial charge in [0, 0.05) is 38.3 Å². The van der Waals surface area contributed by atoms with Crippen LogP contribution in [0.4, 0.5) is 0 Å². The minimum Gasteiger partial charge on any atom is -1.00 e. The van der Waals surface area contributed by atoms with Gasteiger partial charge < -0.3 is 49.7 Å². The zero-order valence-corrected chi connectivity index (χ0v) is 40.4. The second-order valence-electron chi connectivity index (χ2n) is 15.7. The van der Waals surface area contributed by atoms with Crippen molar-refractivity contribution in [2.75, 3.05) is 0 Å². The van der Waals surface area contributed by atoms with E-state index in [9.17, 15) is 45.0 Å². The van der Waals surface area contributed by atoms with E-state index in [-0.39, 0.29) is 91.8 Å². The smallest absolute Gasteiger partial charge is 1.00 e. The van der Waals surface area contributed by atoms with Gasteiger partial charge in [-0.15, -0.1) is 0 Å². The van der Waals surface area contributed by atoms with Crippen molar-refractivity contribution < 1.29 is 68.6 Å². The van der Waals surface area contributed by atoms with E-state index in [1.165, 1.54) is 58.7 Å². The molecule has 17 heteroatoms. The first-order valence-electron chi connectivity index (χ1n) is 21.5. The molecule has 14 nitrogen and oxygen atoms in total. The molecule has 73 heavy (non-hydrogen) atoms. The molecule has 0 aliphatic carbocycles. The number of halogens is 1. The van der Waals surface area contributed by atoms with E-state index in [1.54, 1.807) is 54.6 Å². The molecule has 5 heterocycles. The Labute approximate surface area is 438 Å². The number of carboxylic acid groups (broad SMARTS) is 3. The van der Waals surface area contributed by atoms with Gasteiger partial charge in [-0.25, -0.2) is 15.0 Å². The van der Waals surface area contributed by atoms with E-state index in [0.29, 0.717) is 16.2 Å². The maximum atomic E-state index is 10.5. The summed E-state index contributed by atoms with van der Waals surface area (Å²) in [4.78, 5) is 52.6. The number of benzene rings is 6. The number of hydrogen-bond acceptors (Lipinski definition) is 14. The van der Waals surface area contributed by atoms with E-state index in [4.69, 9.17) is 9.97 Å². The van der Waals surface area contributed by atoms with E-state index >= 15 is 0 Å². The number of aromatic carboxylic acids is 3. The summed E-state index contributed by atoms with van der Waals surface area (Å²) >= 11 is 0. The Hall–Kier alpha value is -8.76. The van der Waals surface area contributed by atoms with Gasteiger partial charge in [-0.1, -0.05) is 127 Å². The molecule has 0 unspecified atom stereocenters. The fourth-order valence-electron chi connectivity index (χ4n) is 7.68. The molecule has 0 spiro atoms. The quantitative estimate of drug-likeness (QED) is 0.163. The molecule has 0 bridgehead atoms. The van der Waals surface area contributed by atoms with E-state index in [1.807, 2.05) is 12.1 Å². The van der Waals surface area contributed by atoms with Crippen molar-refractivity contribution >= 4 is 89.8 Å². The molecule has 3 N–H and O–H groups in total. The van der Waals surface area contributed by atoms with Crippen LogP contribution in [0.5, 0.6) is 17.2 Å². The van der Waals surface area contributed by atoms with Crippen molar-refractivity contribution in [1.29, 1.82) is 0 Å². The standard InChI is InChI=1S/C26H20N2.3C10H7NO3.Al.FH.Li/c1-17-15-23(19-9-5-3-6-10-19)21-13-14-22-24(20-11-7-4-8-12-20)16-18(2)28-26(22)25(21)27-17;3*12-8-3-1-2-6-4-5-7(10(13)14)11-9(6)8;;;/h3-16H,1-2H3;3*1-5,12H,(H,13,14);;1H;/q;;;;+3;;+1/p-4. The number of hydrogen-bond donors (Lipinski definition) is 3. The van der Waals surface area contributed by atoms with Gasteiger partial charge in [-0.3, -0.25) is 9.97 Å². The van der Waals surface area contributed by atoms with Gasteiger partial charge in [-0.05, 0) is 84.6 Å². The average molecular weight is 978 g/mol. The van der Waals surface area contributed by atoms with Crippen LogP contribution in [0, 0.1) is 13.8 Å². The number of carbonyl (C=O) groups is 3. The Kier molecular flexibility index (Phi) is 18.4. The summed E-state index contributed by atoms with van der Waals surface area (Å²) in [6.07, 6.45) is 0. The summed E-state index contributed by atoms with van der Waals surface area (Å²) in [6.45, 7) is 4.11. The van der Waals surface area contributed by atoms with E-state index < -0.39 is 17.9 Å². The van der Waals surface area contributed by atoms with Crippen LogP contribution < -0.4 is 38.9 Å². The Morgan fingerprint density at radius 1 is 0.384 bits per heavy atom. The second kappa shape index (κ2) is 24.4. The number of pyridine rings is 5. The molecule has 0 saturated heterocycles. The molecule has 11 rings (SSSR count). The molecule has 0 amide bonds. The Balaban J connectivity index is 0.000000189. The first-order chi connectivity index (χ1) is 33.7. The van der Waals surface area contributed by atoms with Gasteiger partial charge in [0.1, 0.15) is 33.8 Å². The number of carboxylic acids is 3. The Morgan fingerprint density at radius 3 is 0.973 bits per heavy atom. The number of aromatic nitrogens is 5. The maximum Gasteiger partial charge on any atom is 3.00 e. The summed E-state index contributed by atoms with van der Waals surface area (Å²) in [5, 5.41) is 64.1. The van der Waals surface area contributed by atoms with Crippen molar-refractivity contribution in [3.63, 3.8) is 0 Å². The van der Waals surface area contributed by atoms with Gasteiger partial charge in [0.15, 0.2) is 0 Å². The molecule has 0 aliphatic rings. The number of phenolic OH excluding ortho intramolecular Hbond substituents is 3. The van der Waals surface area contributed by atoms with Gasteiger partial charge in [0.05, 0.1) is 46.0 Å². The van der Waals surface area contributed by atoms with Crippen LogP contribution in [0.2, 0.25) is 0 Å². The van der Waals surface area contributed by atoms with Crippen LogP contribution in [-0.4, -0.2) is 75.5 Å². The molecule has 0 atom stereocenters. The summed E-state index contributed by atoms with van der Waals surface area (Å²) in [6, 6.07) is 53.0. The molecule has 5 aromatic heterocycles. The van der Waals surface area contributed by atoms with Crippen molar-refractivity contribution in [2.45, 2.75) is 13.8 Å². The van der Waals surface area contributed by atoms with Gasteiger partial charge in [-0.2, -0.15) is 0 Å². The fraction of sp³-hybridized carbons (Fsp3) is 0.0357. The summed E-state index contributed by atoms with van der Waals surface area (Å²) in [5.41, 5.74) is 9.03. The van der Waals surface area contributed by atoms with Gasteiger partial charge in [0.25, 0.3) is 0 Å². The second-order valence-corrected chi connectivity index (χ2v) is 15.7. The van der Waals surface area contributed by atoms with Crippen molar-refractivity contribution in [3.8, 4) is 39.5 Å². The van der Waals surface area contributed by atoms with Crippen molar-refractivity contribution in [1.82, 2.24) is 24.9 Å². The first-order valence-corrected chi connectivity index (χ1v) is 21.5. The predicted octanol–water partition coefficient (Wildman–Crippen LogP) is 1.27. The summed E-state index contributed by atoms with van der Waals surface area (Å²) in [5.74, 6) is -4.16. The Bertz CT molecular complexity index is 3470. The van der Waals surface area contributed by atoms with Crippen molar-refractivity contribution in [3.05, 3.63) is 204 Å². The molecule has 0 aliphatic heterocycles. The number of carbonyl (C=O) groups excluding carboxylic acids is 3. The maximum absolute atomic E-state index is 10.5.